The molecule has 1 N–H and O–H groups in total. The van der Waals surface area contributed by atoms with Crippen molar-refractivity contribution in [3.63, 3.8) is 0 Å². The molecule has 0 unspecified atom stereocenters. The molecule has 2 aromatic rings. The number of amides is 1. The van der Waals surface area contributed by atoms with Gasteiger partial charge in [0.25, 0.3) is 5.91 Å². The Balaban J connectivity index is 1.68. The van der Waals surface area contributed by atoms with Crippen LogP contribution in [-0.4, -0.2) is 45.9 Å². The van der Waals surface area contributed by atoms with Crippen LogP contribution in [0.15, 0.2) is 42.5 Å². The van der Waals surface area contributed by atoms with E-state index in [0.717, 1.165) is 18.4 Å². The fourth-order valence-corrected chi connectivity index (χ4v) is 5.36. The summed E-state index contributed by atoms with van der Waals surface area (Å²) >= 11 is 0. The Bertz CT molecular complexity index is 999. The van der Waals surface area contributed by atoms with Crippen LogP contribution in [0.3, 0.4) is 0 Å². The maximum absolute atomic E-state index is 12.8. The van der Waals surface area contributed by atoms with Crippen LogP contribution >= 0.6 is 0 Å². The molecular weight excluding hydrogens is 416 g/mol. The van der Waals surface area contributed by atoms with Crippen LogP contribution in [-0.2, 0) is 15.8 Å². The lowest BCUT2D eigenvalue weighted by atomic mass is 10.0. The first-order valence-corrected chi connectivity index (χ1v) is 12.1. The zero-order valence-corrected chi connectivity index (χ0v) is 19.1. The first-order chi connectivity index (χ1) is 14.9. The summed E-state index contributed by atoms with van der Waals surface area (Å²) in [6.45, 7) is 3.18. The van der Waals surface area contributed by atoms with Crippen LogP contribution < -0.4 is 14.8 Å². The highest BCUT2D eigenvalue weighted by Crippen LogP contribution is 2.31. The van der Waals surface area contributed by atoms with Gasteiger partial charge in [0.1, 0.15) is 0 Å². The molecule has 1 fully saturated rings. The monoisotopic (exact) mass is 446 g/mol. The summed E-state index contributed by atoms with van der Waals surface area (Å²) in [5, 5.41) is 3.04. The number of carbonyl (C=O) groups excluding carboxylic acids is 1. The van der Waals surface area contributed by atoms with E-state index in [1.807, 2.05) is 25.1 Å². The number of hydrogen-bond acceptors (Lipinski definition) is 5. The topological polar surface area (TPSA) is 84.9 Å². The predicted molar refractivity (Wildman–Crippen MR) is 120 cm³/mol. The van der Waals surface area contributed by atoms with Crippen molar-refractivity contribution in [1.82, 2.24) is 9.62 Å². The predicted octanol–water partition coefficient (Wildman–Crippen LogP) is 3.51. The van der Waals surface area contributed by atoms with Crippen LogP contribution in [0.4, 0.5) is 0 Å². The fraction of sp³-hybridized carbons (Fsp3) is 0.435. The molecule has 0 aliphatic carbocycles. The number of methoxy groups -OCH3 is 2. The van der Waals surface area contributed by atoms with Crippen molar-refractivity contribution in [2.75, 3.05) is 27.3 Å². The Morgan fingerprint density at radius 2 is 1.68 bits per heavy atom. The third-order valence-electron chi connectivity index (χ3n) is 5.55. The van der Waals surface area contributed by atoms with Gasteiger partial charge in [-0.1, -0.05) is 25.1 Å². The van der Waals surface area contributed by atoms with Crippen molar-refractivity contribution in [3.05, 3.63) is 59.2 Å². The van der Waals surface area contributed by atoms with Gasteiger partial charge < -0.3 is 14.8 Å². The van der Waals surface area contributed by atoms with Gasteiger partial charge >= 0.3 is 0 Å². The maximum atomic E-state index is 12.8. The van der Waals surface area contributed by atoms with E-state index in [1.54, 1.807) is 42.8 Å². The standard InChI is InChI=1S/C23H30N2O5S/c1-4-20(19-11-12-21(29-2)22(15-19)30-3)24-23(26)18-9-7-17(8-10-18)16-31(27,28)25-13-5-6-14-25/h7-12,15,20H,4-6,13-14,16H2,1-3H3,(H,24,26)/t20-/m1/s1. The number of carbonyl (C=O) groups is 1. The Morgan fingerprint density at radius 3 is 2.26 bits per heavy atom. The van der Waals surface area contributed by atoms with Gasteiger partial charge in [0, 0.05) is 18.7 Å². The summed E-state index contributed by atoms with van der Waals surface area (Å²) in [4.78, 5) is 12.8. The van der Waals surface area contributed by atoms with Crippen LogP contribution in [0.2, 0.25) is 0 Å². The van der Waals surface area contributed by atoms with Gasteiger partial charge in [-0.15, -0.1) is 0 Å². The van der Waals surface area contributed by atoms with Crippen molar-refractivity contribution in [1.29, 1.82) is 0 Å². The van der Waals surface area contributed by atoms with Crippen LogP contribution in [0.5, 0.6) is 11.5 Å². The second-order valence-electron chi connectivity index (χ2n) is 7.61. The number of nitrogens with one attached hydrogen (secondary N) is 1. The summed E-state index contributed by atoms with van der Waals surface area (Å²) in [7, 11) is -0.151. The first-order valence-electron chi connectivity index (χ1n) is 10.5. The number of sulfonamides is 1. The summed E-state index contributed by atoms with van der Waals surface area (Å²) in [5.41, 5.74) is 2.08. The van der Waals surface area contributed by atoms with E-state index in [4.69, 9.17) is 9.47 Å². The van der Waals surface area contributed by atoms with Gasteiger partial charge in [-0.3, -0.25) is 4.79 Å². The van der Waals surface area contributed by atoms with Gasteiger partial charge in [-0.25, -0.2) is 12.7 Å². The van der Waals surface area contributed by atoms with Crippen LogP contribution in [0.25, 0.3) is 0 Å². The third-order valence-corrected chi connectivity index (χ3v) is 7.40. The summed E-state index contributed by atoms with van der Waals surface area (Å²) < 4.78 is 37.2. The molecule has 168 valence electrons. The van der Waals surface area contributed by atoms with Gasteiger partial charge in [0.15, 0.2) is 11.5 Å². The molecule has 1 heterocycles. The number of ether oxygens (including phenoxy) is 2. The Kier molecular flexibility index (Phi) is 7.56. The van der Waals surface area contributed by atoms with E-state index in [0.29, 0.717) is 42.1 Å². The molecule has 2 aromatic carbocycles. The lowest BCUT2D eigenvalue weighted by molar-refractivity contribution is 0.0935. The van der Waals surface area contributed by atoms with Crippen molar-refractivity contribution in [2.24, 2.45) is 0 Å². The van der Waals surface area contributed by atoms with E-state index >= 15 is 0 Å². The molecule has 1 amide bonds. The van der Waals surface area contributed by atoms with E-state index in [2.05, 4.69) is 5.32 Å². The molecule has 31 heavy (non-hydrogen) atoms. The molecule has 1 aliphatic heterocycles. The van der Waals surface area contributed by atoms with Crippen molar-refractivity contribution in [3.8, 4) is 11.5 Å². The molecule has 0 radical (unpaired) electrons. The van der Waals surface area contributed by atoms with Gasteiger partial charge in [0.05, 0.1) is 26.0 Å². The van der Waals surface area contributed by atoms with Gasteiger partial charge in [-0.2, -0.15) is 0 Å². The molecule has 0 aromatic heterocycles. The quantitative estimate of drug-likeness (QED) is 0.637. The largest absolute Gasteiger partial charge is 0.493 e. The lowest BCUT2D eigenvalue weighted by Gasteiger charge is -2.19. The van der Waals surface area contributed by atoms with Crippen LogP contribution in [0.1, 0.15) is 53.7 Å². The second kappa shape index (κ2) is 10.2. The highest BCUT2D eigenvalue weighted by molar-refractivity contribution is 7.88. The zero-order chi connectivity index (χ0) is 22.4. The molecule has 1 aliphatic rings. The molecule has 7 nitrogen and oxygen atoms in total. The molecule has 1 atom stereocenters. The molecule has 8 heteroatoms. The summed E-state index contributed by atoms with van der Waals surface area (Å²) in [6, 6.07) is 12.2. The SMILES string of the molecule is CC[C@@H](NC(=O)c1ccc(CS(=O)(=O)N2CCCC2)cc1)c1ccc(OC)c(OC)c1. The number of rotatable bonds is 9. The normalized spacial score (nSPS) is 15.5. The van der Waals surface area contributed by atoms with Crippen molar-refractivity contribution in [2.45, 2.75) is 38.0 Å². The molecule has 3 rings (SSSR count). The Hall–Kier alpha value is -2.58. The molecule has 0 saturated carbocycles. The number of benzene rings is 2. The molecule has 1 saturated heterocycles. The van der Waals surface area contributed by atoms with Gasteiger partial charge in [-0.05, 0) is 54.7 Å². The summed E-state index contributed by atoms with van der Waals surface area (Å²) in [6.07, 6.45) is 2.53. The lowest BCUT2D eigenvalue weighted by Crippen LogP contribution is -2.29. The van der Waals surface area contributed by atoms with E-state index in [9.17, 15) is 13.2 Å². The average molecular weight is 447 g/mol. The average Bonchev–Trinajstić information content (AvgIpc) is 3.33. The van der Waals surface area contributed by atoms with E-state index in [1.165, 1.54) is 0 Å². The molecule has 0 spiro atoms. The summed E-state index contributed by atoms with van der Waals surface area (Å²) in [5.74, 6) is 0.983. The van der Waals surface area contributed by atoms with E-state index < -0.39 is 10.0 Å². The highest BCUT2D eigenvalue weighted by atomic mass is 32.2. The van der Waals surface area contributed by atoms with Gasteiger partial charge in [0.2, 0.25) is 10.0 Å². The highest BCUT2D eigenvalue weighted by Gasteiger charge is 2.25. The minimum Gasteiger partial charge on any atom is -0.493 e. The smallest absolute Gasteiger partial charge is 0.251 e. The molecular formula is C23H30N2O5S. The number of nitrogens with zero attached hydrogens (tertiary/aromatic N) is 1. The second-order valence-corrected chi connectivity index (χ2v) is 9.58. The number of hydrogen-bond donors (Lipinski definition) is 1. The van der Waals surface area contributed by atoms with Crippen LogP contribution in [0, 0.1) is 0 Å². The Labute approximate surface area is 184 Å². The minimum absolute atomic E-state index is 0.0435. The maximum Gasteiger partial charge on any atom is 0.251 e. The fourth-order valence-electron chi connectivity index (χ4n) is 3.75. The minimum atomic E-state index is -3.31. The van der Waals surface area contributed by atoms with Crippen molar-refractivity contribution >= 4 is 15.9 Å². The Morgan fingerprint density at radius 1 is 1.03 bits per heavy atom. The third kappa shape index (κ3) is 5.57. The first kappa shape index (κ1) is 23.1. The van der Waals surface area contributed by atoms with Crippen molar-refractivity contribution < 1.29 is 22.7 Å². The molecule has 0 bridgehead atoms. The van der Waals surface area contributed by atoms with E-state index in [-0.39, 0.29) is 17.7 Å². The zero-order valence-electron chi connectivity index (χ0n) is 18.3.